The number of ether oxygens (including phenoxy) is 5. The number of aliphatic hydroxyl groups excluding tert-OH is 6. The van der Waals surface area contributed by atoms with E-state index in [4.69, 9.17) is 28.8 Å². The minimum absolute atomic E-state index is 0.00400. The molecule has 2 heterocycles. The van der Waals surface area contributed by atoms with Crippen molar-refractivity contribution >= 4 is 5.97 Å². The molecule has 0 aliphatic carbocycles. The van der Waals surface area contributed by atoms with Crippen molar-refractivity contribution in [3.63, 3.8) is 0 Å². The molecular formula is C20H28O13. The second-order valence-corrected chi connectivity index (χ2v) is 7.74. The number of carboxylic acids is 1. The number of aliphatic carboxylic acids is 1. The van der Waals surface area contributed by atoms with Gasteiger partial charge in [0, 0.05) is 0 Å². The number of benzene rings is 1. The van der Waals surface area contributed by atoms with Crippen LogP contribution in [0.2, 0.25) is 0 Å². The molecule has 7 N–H and O–H groups in total. The van der Waals surface area contributed by atoms with Crippen LogP contribution >= 0.6 is 0 Å². The maximum absolute atomic E-state index is 10.8. The van der Waals surface area contributed by atoms with Crippen LogP contribution in [0.25, 0.3) is 0 Å². The van der Waals surface area contributed by atoms with E-state index in [2.05, 4.69) is 0 Å². The lowest BCUT2D eigenvalue weighted by Gasteiger charge is -2.41. The van der Waals surface area contributed by atoms with Gasteiger partial charge < -0.3 is 59.4 Å². The van der Waals surface area contributed by atoms with E-state index >= 15 is 0 Å². The van der Waals surface area contributed by atoms with Gasteiger partial charge in [-0.1, -0.05) is 12.1 Å². The molecule has 2 aliphatic rings. The first-order valence-corrected chi connectivity index (χ1v) is 10.2. The summed E-state index contributed by atoms with van der Waals surface area (Å²) >= 11 is 0. The highest BCUT2D eigenvalue weighted by atomic mass is 16.7. The molecule has 0 bridgehead atoms. The van der Waals surface area contributed by atoms with Crippen LogP contribution in [0, 0.1) is 0 Å². The number of rotatable bonds is 8. The summed E-state index contributed by atoms with van der Waals surface area (Å²) in [4.78, 5) is 10.8. The lowest BCUT2D eigenvalue weighted by atomic mass is 9.99. The smallest absolute Gasteiger partial charge is 0.329 e. The molecule has 2 aliphatic heterocycles. The van der Waals surface area contributed by atoms with Crippen LogP contribution in [-0.2, 0) is 19.0 Å². The van der Waals surface area contributed by atoms with Crippen molar-refractivity contribution in [2.75, 3.05) is 13.2 Å². The van der Waals surface area contributed by atoms with Gasteiger partial charge in [0.25, 0.3) is 0 Å². The van der Waals surface area contributed by atoms with Crippen LogP contribution in [0.4, 0.5) is 0 Å². The first-order chi connectivity index (χ1) is 15.6. The first-order valence-electron chi connectivity index (χ1n) is 10.2. The SMILES string of the molecule is CC1OC(Oc2ccccc2OC2OC(CO)C(O)C(OCC(=O)O)C2O)C(O)C(O)C1O. The third-order valence-corrected chi connectivity index (χ3v) is 5.36. The van der Waals surface area contributed by atoms with Crippen LogP contribution in [0.3, 0.4) is 0 Å². The summed E-state index contributed by atoms with van der Waals surface area (Å²) in [6.07, 6.45) is -14.0. The fraction of sp³-hybridized carbons (Fsp3) is 0.650. The number of aliphatic hydroxyl groups is 6. The van der Waals surface area contributed by atoms with Gasteiger partial charge in [-0.3, -0.25) is 0 Å². The Balaban J connectivity index is 1.77. The fourth-order valence-corrected chi connectivity index (χ4v) is 3.52. The number of carboxylic acid groups (broad SMARTS) is 1. The summed E-state index contributed by atoms with van der Waals surface area (Å²) in [5, 5.41) is 69.1. The number of carbonyl (C=O) groups is 1. The van der Waals surface area contributed by atoms with E-state index in [9.17, 15) is 35.4 Å². The van der Waals surface area contributed by atoms with E-state index in [1.165, 1.54) is 19.1 Å². The zero-order valence-corrected chi connectivity index (χ0v) is 17.6. The standard InChI is InChI=1S/C20H28O13/c1-8-13(24)15(26)16(27)19(30-8)31-9-4-2-3-5-10(9)32-20-17(28)18(29-7-12(22)23)14(25)11(6-21)33-20/h2-5,8,11,13-21,24-28H,6-7H2,1H3,(H,22,23). The highest BCUT2D eigenvalue weighted by molar-refractivity contribution is 5.68. The van der Waals surface area contributed by atoms with Crippen molar-refractivity contribution in [1.82, 2.24) is 0 Å². The van der Waals surface area contributed by atoms with E-state index in [1.54, 1.807) is 12.1 Å². The van der Waals surface area contributed by atoms with Gasteiger partial charge in [0.1, 0.15) is 49.3 Å². The van der Waals surface area contributed by atoms with Crippen LogP contribution in [0.1, 0.15) is 6.92 Å². The summed E-state index contributed by atoms with van der Waals surface area (Å²) in [5.41, 5.74) is 0. The second kappa shape index (κ2) is 10.9. The van der Waals surface area contributed by atoms with Crippen molar-refractivity contribution in [3.8, 4) is 11.5 Å². The zero-order valence-electron chi connectivity index (χ0n) is 17.6. The van der Waals surface area contributed by atoms with Crippen molar-refractivity contribution in [2.45, 2.75) is 68.3 Å². The largest absolute Gasteiger partial charge is 0.480 e. The molecular weight excluding hydrogens is 448 g/mol. The quantitative estimate of drug-likeness (QED) is 0.202. The van der Waals surface area contributed by atoms with Crippen molar-refractivity contribution < 1.29 is 64.2 Å². The minimum Gasteiger partial charge on any atom is -0.480 e. The van der Waals surface area contributed by atoms with Gasteiger partial charge in [-0.25, -0.2) is 4.79 Å². The van der Waals surface area contributed by atoms with E-state index in [0.717, 1.165) is 0 Å². The van der Waals surface area contributed by atoms with Crippen LogP contribution < -0.4 is 9.47 Å². The average Bonchev–Trinajstić information content (AvgIpc) is 2.78. The van der Waals surface area contributed by atoms with E-state index in [-0.39, 0.29) is 11.5 Å². The van der Waals surface area contributed by atoms with Crippen LogP contribution in [0.5, 0.6) is 11.5 Å². The Morgan fingerprint density at radius 3 is 2.00 bits per heavy atom. The molecule has 13 nitrogen and oxygen atoms in total. The Labute approximate surface area is 188 Å². The highest BCUT2D eigenvalue weighted by Gasteiger charge is 2.47. The van der Waals surface area contributed by atoms with E-state index in [0.29, 0.717) is 0 Å². The summed E-state index contributed by atoms with van der Waals surface area (Å²) in [6.45, 7) is 0.00795. The molecule has 0 amide bonds. The third-order valence-electron chi connectivity index (χ3n) is 5.36. The van der Waals surface area contributed by atoms with E-state index < -0.39 is 80.6 Å². The molecule has 2 fully saturated rings. The molecule has 33 heavy (non-hydrogen) atoms. The molecule has 1 aromatic rings. The Kier molecular flexibility index (Phi) is 8.44. The first kappa shape index (κ1) is 25.6. The number of para-hydroxylation sites is 2. The Hall–Kier alpha value is -2.07. The molecule has 13 heteroatoms. The minimum atomic E-state index is -1.65. The molecule has 0 spiro atoms. The van der Waals surface area contributed by atoms with Gasteiger partial charge in [-0.2, -0.15) is 0 Å². The van der Waals surface area contributed by atoms with Gasteiger partial charge in [-0.05, 0) is 19.1 Å². The van der Waals surface area contributed by atoms with Crippen molar-refractivity contribution in [3.05, 3.63) is 24.3 Å². The predicted octanol–water partition coefficient (Wildman–Crippen LogP) is -2.82. The van der Waals surface area contributed by atoms with Gasteiger partial charge in [0.15, 0.2) is 11.5 Å². The van der Waals surface area contributed by atoms with Crippen LogP contribution in [0.15, 0.2) is 24.3 Å². The topological polar surface area (TPSA) is 205 Å². The summed E-state index contributed by atoms with van der Waals surface area (Å²) in [6, 6.07) is 6.01. The molecule has 1 aromatic carbocycles. The normalized spacial score (nSPS) is 39.1. The molecule has 2 saturated heterocycles. The van der Waals surface area contributed by atoms with Gasteiger partial charge in [-0.15, -0.1) is 0 Å². The number of hydrogen-bond donors (Lipinski definition) is 7. The molecule has 0 aromatic heterocycles. The Morgan fingerprint density at radius 1 is 0.879 bits per heavy atom. The molecule has 10 unspecified atom stereocenters. The predicted molar refractivity (Wildman–Crippen MR) is 105 cm³/mol. The molecule has 3 rings (SSSR count). The maximum atomic E-state index is 10.8. The summed E-state index contributed by atoms with van der Waals surface area (Å²) in [5.74, 6) is -1.32. The van der Waals surface area contributed by atoms with Gasteiger partial charge in [0.05, 0.1) is 12.7 Å². The van der Waals surface area contributed by atoms with Gasteiger partial charge in [0.2, 0.25) is 12.6 Å². The van der Waals surface area contributed by atoms with E-state index in [1.807, 2.05) is 0 Å². The molecule has 0 saturated carbocycles. The molecule has 0 radical (unpaired) electrons. The maximum Gasteiger partial charge on any atom is 0.329 e. The lowest BCUT2D eigenvalue weighted by molar-refractivity contribution is -0.286. The van der Waals surface area contributed by atoms with Crippen molar-refractivity contribution in [1.29, 1.82) is 0 Å². The average molecular weight is 476 g/mol. The Morgan fingerprint density at radius 2 is 1.45 bits per heavy atom. The lowest BCUT2D eigenvalue weighted by Crippen LogP contribution is -2.61. The summed E-state index contributed by atoms with van der Waals surface area (Å²) < 4.78 is 27.2. The van der Waals surface area contributed by atoms with Crippen LogP contribution in [-0.4, -0.2) is 116 Å². The molecule has 10 atom stereocenters. The summed E-state index contributed by atoms with van der Waals surface area (Å²) in [7, 11) is 0. The zero-order chi connectivity index (χ0) is 24.3. The number of hydrogen-bond acceptors (Lipinski definition) is 12. The second-order valence-electron chi connectivity index (χ2n) is 7.74. The highest BCUT2D eigenvalue weighted by Crippen LogP contribution is 2.34. The fourth-order valence-electron chi connectivity index (χ4n) is 3.52. The Bertz CT molecular complexity index is 791. The molecule has 186 valence electrons. The monoisotopic (exact) mass is 476 g/mol. The third kappa shape index (κ3) is 5.71. The van der Waals surface area contributed by atoms with Crippen molar-refractivity contribution in [2.24, 2.45) is 0 Å². The van der Waals surface area contributed by atoms with Gasteiger partial charge >= 0.3 is 5.97 Å².